The molecule has 27 heavy (non-hydrogen) atoms. The van der Waals surface area contributed by atoms with E-state index in [0.717, 1.165) is 11.1 Å². The number of hydrogen-bond donors (Lipinski definition) is 1. The molecule has 0 fully saturated rings. The molecule has 3 aromatic rings. The smallest absolute Gasteiger partial charge is 0.229 e. The number of hydrogen-bond acceptors (Lipinski definition) is 3. The molecule has 0 heterocycles. The van der Waals surface area contributed by atoms with Crippen molar-refractivity contribution in [3.05, 3.63) is 82.9 Å². The standard InChI is InChI=1S/C22H20ClNO3/c1-15-11-12-19(26-2)16(13-15)14-22(25)24-18-8-4-6-10-21(18)27-20-9-5-3-7-17(20)23/h3-13H,14H2,1-2H3,(H,24,25). The molecule has 0 saturated carbocycles. The van der Waals surface area contributed by atoms with Crippen molar-refractivity contribution in [1.82, 2.24) is 0 Å². The molecule has 5 heteroatoms. The summed E-state index contributed by atoms with van der Waals surface area (Å²) in [5.41, 5.74) is 2.48. The molecule has 0 aliphatic carbocycles. The van der Waals surface area contributed by atoms with Crippen molar-refractivity contribution in [3.8, 4) is 17.2 Å². The summed E-state index contributed by atoms with van der Waals surface area (Å²) in [6, 6.07) is 20.2. The fraction of sp³-hybridized carbons (Fsp3) is 0.136. The van der Waals surface area contributed by atoms with Crippen LogP contribution in [0.15, 0.2) is 66.7 Å². The highest BCUT2D eigenvalue weighted by Crippen LogP contribution is 2.33. The predicted molar refractivity (Wildman–Crippen MR) is 108 cm³/mol. The van der Waals surface area contributed by atoms with E-state index >= 15 is 0 Å². The Balaban J connectivity index is 1.77. The van der Waals surface area contributed by atoms with Gasteiger partial charge in [-0.15, -0.1) is 0 Å². The van der Waals surface area contributed by atoms with Crippen LogP contribution in [0.5, 0.6) is 17.2 Å². The van der Waals surface area contributed by atoms with Crippen LogP contribution in [0.2, 0.25) is 5.02 Å². The summed E-state index contributed by atoms with van der Waals surface area (Å²) in [4.78, 5) is 12.6. The van der Waals surface area contributed by atoms with Gasteiger partial charge in [0.2, 0.25) is 5.91 Å². The number of para-hydroxylation sites is 3. The van der Waals surface area contributed by atoms with Gasteiger partial charge in [0.15, 0.2) is 5.75 Å². The van der Waals surface area contributed by atoms with Crippen LogP contribution >= 0.6 is 11.6 Å². The van der Waals surface area contributed by atoms with E-state index in [2.05, 4.69) is 5.32 Å². The van der Waals surface area contributed by atoms with Crippen LogP contribution in [0.3, 0.4) is 0 Å². The summed E-state index contributed by atoms with van der Waals surface area (Å²) in [7, 11) is 1.60. The molecular weight excluding hydrogens is 362 g/mol. The summed E-state index contributed by atoms with van der Waals surface area (Å²) < 4.78 is 11.2. The van der Waals surface area contributed by atoms with Crippen LogP contribution in [0.4, 0.5) is 5.69 Å². The molecule has 0 aromatic heterocycles. The molecule has 1 amide bonds. The Morgan fingerprint density at radius 2 is 1.67 bits per heavy atom. The van der Waals surface area contributed by atoms with Crippen molar-refractivity contribution in [3.63, 3.8) is 0 Å². The van der Waals surface area contributed by atoms with Gasteiger partial charge in [-0.3, -0.25) is 4.79 Å². The lowest BCUT2D eigenvalue weighted by molar-refractivity contribution is -0.115. The topological polar surface area (TPSA) is 47.6 Å². The fourth-order valence-corrected chi connectivity index (χ4v) is 2.89. The van der Waals surface area contributed by atoms with Crippen LogP contribution in [-0.4, -0.2) is 13.0 Å². The second kappa shape index (κ2) is 8.60. The fourth-order valence-electron chi connectivity index (χ4n) is 2.72. The van der Waals surface area contributed by atoms with Gasteiger partial charge in [0.05, 0.1) is 24.2 Å². The number of benzene rings is 3. The number of rotatable bonds is 6. The maximum absolute atomic E-state index is 12.6. The van der Waals surface area contributed by atoms with E-state index in [9.17, 15) is 4.79 Å². The van der Waals surface area contributed by atoms with E-state index < -0.39 is 0 Å². The highest BCUT2D eigenvalue weighted by Gasteiger charge is 2.13. The monoisotopic (exact) mass is 381 g/mol. The average Bonchev–Trinajstić information content (AvgIpc) is 2.65. The number of carbonyl (C=O) groups excluding carboxylic acids is 1. The molecule has 3 rings (SSSR count). The number of carbonyl (C=O) groups is 1. The minimum atomic E-state index is -0.158. The normalized spacial score (nSPS) is 10.3. The Kier molecular flexibility index (Phi) is 5.99. The molecule has 0 saturated heterocycles. The molecule has 0 aliphatic heterocycles. The van der Waals surface area contributed by atoms with Gasteiger partial charge in [0.1, 0.15) is 11.5 Å². The zero-order valence-corrected chi connectivity index (χ0v) is 15.9. The van der Waals surface area contributed by atoms with E-state index in [4.69, 9.17) is 21.1 Å². The van der Waals surface area contributed by atoms with Crippen molar-refractivity contribution in [1.29, 1.82) is 0 Å². The minimum absolute atomic E-state index is 0.158. The lowest BCUT2D eigenvalue weighted by atomic mass is 10.1. The SMILES string of the molecule is COc1ccc(C)cc1CC(=O)Nc1ccccc1Oc1ccccc1Cl. The van der Waals surface area contributed by atoms with E-state index in [1.807, 2.05) is 49.4 Å². The van der Waals surface area contributed by atoms with Crippen molar-refractivity contribution in [2.75, 3.05) is 12.4 Å². The van der Waals surface area contributed by atoms with Crippen molar-refractivity contribution < 1.29 is 14.3 Å². The number of amides is 1. The summed E-state index contributed by atoms with van der Waals surface area (Å²) >= 11 is 6.16. The Labute approximate surface area is 163 Å². The molecule has 4 nitrogen and oxygen atoms in total. The maximum Gasteiger partial charge on any atom is 0.229 e. The number of methoxy groups -OCH3 is 1. The van der Waals surface area contributed by atoms with Crippen LogP contribution in [0.25, 0.3) is 0 Å². The van der Waals surface area contributed by atoms with Gasteiger partial charge in [-0.2, -0.15) is 0 Å². The summed E-state index contributed by atoms with van der Waals surface area (Å²) in [6.07, 6.45) is 0.200. The number of aryl methyl sites for hydroxylation is 1. The first-order valence-corrected chi connectivity index (χ1v) is 8.89. The summed E-state index contributed by atoms with van der Waals surface area (Å²) in [5, 5.41) is 3.41. The molecule has 0 bridgehead atoms. The molecular formula is C22H20ClNO3. The number of anilines is 1. The first-order chi connectivity index (χ1) is 13.1. The third-order valence-electron chi connectivity index (χ3n) is 4.00. The Morgan fingerprint density at radius 3 is 2.41 bits per heavy atom. The molecule has 0 aliphatic rings. The van der Waals surface area contributed by atoms with Crippen LogP contribution in [0, 0.1) is 6.92 Å². The lowest BCUT2D eigenvalue weighted by Gasteiger charge is -2.14. The third-order valence-corrected chi connectivity index (χ3v) is 4.32. The Bertz CT molecular complexity index is 956. The first-order valence-electron chi connectivity index (χ1n) is 8.51. The first kappa shape index (κ1) is 18.8. The van der Waals surface area contributed by atoms with Gasteiger partial charge in [-0.25, -0.2) is 0 Å². The highest BCUT2D eigenvalue weighted by molar-refractivity contribution is 6.32. The largest absolute Gasteiger partial charge is 0.496 e. The average molecular weight is 382 g/mol. The van der Waals surface area contributed by atoms with Crippen LogP contribution in [0.1, 0.15) is 11.1 Å². The number of nitrogens with one attached hydrogen (secondary N) is 1. The Hall–Kier alpha value is -2.98. The van der Waals surface area contributed by atoms with Gasteiger partial charge in [-0.05, 0) is 37.3 Å². The van der Waals surface area contributed by atoms with Gasteiger partial charge in [-0.1, -0.05) is 53.6 Å². The maximum atomic E-state index is 12.6. The van der Waals surface area contributed by atoms with E-state index in [1.165, 1.54) is 0 Å². The lowest BCUT2D eigenvalue weighted by Crippen LogP contribution is -2.15. The molecule has 0 unspecified atom stereocenters. The van der Waals surface area contributed by atoms with Gasteiger partial charge >= 0.3 is 0 Å². The van der Waals surface area contributed by atoms with E-state index in [-0.39, 0.29) is 12.3 Å². The van der Waals surface area contributed by atoms with Crippen molar-refractivity contribution in [2.24, 2.45) is 0 Å². The Morgan fingerprint density at radius 1 is 0.963 bits per heavy atom. The highest BCUT2D eigenvalue weighted by atomic mass is 35.5. The van der Waals surface area contributed by atoms with Crippen molar-refractivity contribution >= 4 is 23.2 Å². The van der Waals surface area contributed by atoms with E-state index in [0.29, 0.717) is 28.0 Å². The zero-order chi connectivity index (χ0) is 19.2. The van der Waals surface area contributed by atoms with Crippen molar-refractivity contribution in [2.45, 2.75) is 13.3 Å². The van der Waals surface area contributed by atoms with Gasteiger partial charge in [0.25, 0.3) is 0 Å². The summed E-state index contributed by atoms with van der Waals surface area (Å²) in [5.74, 6) is 1.59. The van der Waals surface area contributed by atoms with Gasteiger partial charge < -0.3 is 14.8 Å². The second-order valence-electron chi connectivity index (χ2n) is 6.07. The molecule has 138 valence electrons. The molecule has 0 radical (unpaired) electrons. The molecule has 0 atom stereocenters. The molecule has 3 aromatic carbocycles. The quantitative estimate of drug-likeness (QED) is 0.601. The number of halogens is 1. The van der Waals surface area contributed by atoms with Crippen LogP contribution in [-0.2, 0) is 11.2 Å². The van der Waals surface area contributed by atoms with Gasteiger partial charge in [0, 0.05) is 5.56 Å². The zero-order valence-electron chi connectivity index (χ0n) is 15.2. The van der Waals surface area contributed by atoms with Crippen LogP contribution < -0.4 is 14.8 Å². The number of ether oxygens (including phenoxy) is 2. The minimum Gasteiger partial charge on any atom is -0.496 e. The predicted octanol–water partition coefficient (Wildman–Crippen LogP) is 5.63. The third kappa shape index (κ3) is 4.80. The van der Waals surface area contributed by atoms with E-state index in [1.54, 1.807) is 31.4 Å². The molecule has 0 spiro atoms. The molecule has 1 N–H and O–H groups in total. The second-order valence-corrected chi connectivity index (χ2v) is 6.48. The summed E-state index contributed by atoms with van der Waals surface area (Å²) in [6.45, 7) is 1.98.